The van der Waals surface area contributed by atoms with E-state index in [1.54, 1.807) is 11.3 Å². The minimum absolute atomic E-state index is 0.242. The summed E-state index contributed by atoms with van der Waals surface area (Å²) >= 11 is 7.95. The van der Waals surface area contributed by atoms with Gasteiger partial charge in [0.1, 0.15) is 0 Å². The molecule has 0 amide bonds. The summed E-state index contributed by atoms with van der Waals surface area (Å²) in [5.74, 6) is 0. The molecule has 96 valence electrons. The zero-order valence-corrected chi connectivity index (χ0v) is 12.2. The average molecular weight is 281 g/mol. The molecule has 0 bridgehead atoms. The number of nitrogens with one attached hydrogen (secondary N) is 1. The number of rotatable bonds is 5. The van der Waals surface area contributed by atoms with Crippen LogP contribution in [-0.2, 0) is 13.0 Å². The van der Waals surface area contributed by atoms with Crippen LogP contribution in [-0.4, -0.2) is 4.98 Å². The standard InChI is InChI=1S/C14H17ClN2S/c1-3-14-17-9-11(18-14)8-16-10(2)12-6-4-5-7-13(12)15/h4-7,9-10,16H,3,8H2,1-2H3/t10-/m0/s1. The predicted molar refractivity (Wildman–Crippen MR) is 78.2 cm³/mol. The lowest BCUT2D eigenvalue weighted by molar-refractivity contribution is 0.578. The second-order valence-electron chi connectivity index (χ2n) is 4.20. The summed E-state index contributed by atoms with van der Waals surface area (Å²) in [5, 5.41) is 5.49. The van der Waals surface area contributed by atoms with Crippen molar-refractivity contribution in [2.24, 2.45) is 0 Å². The third-order valence-electron chi connectivity index (χ3n) is 2.86. The average Bonchev–Trinajstić information content (AvgIpc) is 2.84. The van der Waals surface area contributed by atoms with Gasteiger partial charge in [-0.25, -0.2) is 4.98 Å². The Morgan fingerprint density at radius 3 is 2.83 bits per heavy atom. The van der Waals surface area contributed by atoms with Crippen molar-refractivity contribution in [1.29, 1.82) is 0 Å². The lowest BCUT2D eigenvalue weighted by Gasteiger charge is -2.14. The Hall–Kier alpha value is -0.900. The van der Waals surface area contributed by atoms with Gasteiger partial charge in [-0.05, 0) is 25.0 Å². The van der Waals surface area contributed by atoms with Gasteiger partial charge in [0.05, 0.1) is 5.01 Å². The summed E-state index contributed by atoms with van der Waals surface area (Å²) in [6, 6.07) is 8.20. The van der Waals surface area contributed by atoms with Crippen LogP contribution in [0.3, 0.4) is 0 Å². The van der Waals surface area contributed by atoms with E-state index < -0.39 is 0 Å². The molecular formula is C14H17ClN2S. The molecule has 0 fully saturated rings. The van der Waals surface area contributed by atoms with Crippen LogP contribution in [0.1, 0.15) is 35.3 Å². The van der Waals surface area contributed by atoms with E-state index in [2.05, 4.69) is 30.2 Å². The molecule has 2 rings (SSSR count). The van der Waals surface area contributed by atoms with Crippen molar-refractivity contribution in [3.8, 4) is 0 Å². The monoisotopic (exact) mass is 280 g/mol. The van der Waals surface area contributed by atoms with Gasteiger partial charge in [0.15, 0.2) is 0 Å². The van der Waals surface area contributed by atoms with Gasteiger partial charge in [-0.1, -0.05) is 36.7 Å². The van der Waals surface area contributed by atoms with Crippen LogP contribution in [0.2, 0.25) is 5.02 Å². The third-order valence-corrected chi connectivity index (χ3v) is 4.34. The summed E-state index contributed by atoms with van der Waals surface area (Å²) in [4.78, 5) is 5.62. The first-order valence-corrected chi connectivity index (χ1v) is 7.31. The highest BCUT2D eigenvalue weighted by atomic mass is 35.5. The van der Waals surface area contributed by atoms with Crippen molar-refractivity contribution in [2.75, 3.05) is 0 Å². The number of aromatic nitrogens is 1. The molecule has 0 aliphatic carbocycles. The van der Waals surface area contributed by atoms with Crippen LogP contribution in [0, 0.1) is 0 Å². The van der Waals surface area contributed by atoms with Gasteiger partial charge < -0.3 is 5.32 Å². The molecule has 0 radical (unpaired) electrons. The Labute approximate surface area is 117 Å². The fourth-order valence-electron chi connectivity index (χ4n) is 1.78. The zero-order chi connectivity index (χ0) is 13.0. The molecule has 0 spiro atoms. The van der Waals surface area contributed by atoms with E-state index >= 15 is 0 Å². The Morgan fingerprint density at radius 2 is 2.17 bits per heavy atom. The number of aryl methyl sites for hydroxylation is 1. The number of benzene rings is 1. The molecule has 2 nitrogen and oxygen atoms in total. The van der Waals surface area contributed by atoms with Gasteiger partial charge in [0.2, 0.25) is 0 Å². The number of nitrogens with zero attached hydrogens (tertiary/aromatic N) is 1. The molecule has 1 N–H and O–H groups in total. The molecule has 4 heteroatoms. The molecule has 1 heterocycles. The normalized spacial score (nSPS) is 12.6. The highest BCUT2D eigenvalue weighted by Gasteiger charge is 2.09. The maximum Gasteiger partial charge on any atom is 0.0925 e. The molecule has 0 aliphatic heterocycles. The van der Waals surface area contributed by atoms with E-state index in [9.17, 15) is 0 Å². The van der Waals surface area contributed by atoms with Crippen LogP contribution in [0.15, 0.2) is 30.5 Å². The van der Waals surface area contributed by atoms with Crippen molar-refractivity contribution in [3.63, 3.8) is 0 Å². The van der Waals surface area contributed by atoms with Crippen LogP contribution >= 0.6 is 22.9 Å². The molecule has 1 atom stereocenters. The van der Waals surface area contributed by atoms with Crippen LogP contribution in [0.4, 0.5) is 0 Å². The lowest BCUT2D eigenvalue weighted by atomic mass is 10.1. The molecular weight excluding hydrogens is 264 g/mol. The molecule has 0 saturated carbocycles. The van der Waals surface area contributed by atoms with Gasteiger partial charge in [0.25, 0.3) is 0 Å². The predicted octanol–water partition coefficient (Wildman–Crippen LogP) is 4.21. The van der Waals surface area contributed by atoms with E-state index in [0.717, 1.165) is 23.6 Å². The number of thiazole rings is 1. The van der Waals surface area contributed by atoms with Crippen LogP contribution in [0.5, 0.6) is 0 Å². The van der Waals surface area contributed by atoms with Crippen LogP contribution < -0.4 is 5.32 Å². The van der Waals surface area contributed by atoms with Crippen molar-refractivity contribution in [1.82, 2.24) is 10.3 Å². The lowest BCUT2D eigenvalue weighted by Crippen LogP contribution is -2.17. The molecule has 18 heavy (non-hydrogen) atoms. The van der Waals surface area contributed by atoms with E-state index in [1.807, 2.05) is 24.4 Å². The fraction of sp³-hybridized carbons (Fsp3) is 0.357. The maximum absolute atomic E-state index is 6.18. The summed E-state index contributed by atoms with van der Waals surface area (Å²) in [5.41, 5.74) is 1.14. The third kappa shape index (κ3) is 3.31. The fourth-order valence-corrected chi connectivity index (χ4v) is 2.90. The topological polar surface area (TPSA) is 24.9 Å². The highest BCUT2D eigenvalue weighted by molar-refractivity contribution is 7.11. The Balaban J connectivity index is 1.96. The maximum atomic E-state index is 6.18. The second kappa shape index (κ2) is 6.32. The van der Waals surface area contributed by atoms with Crippen molar-refractivity contribution < 1.29 is 0 Å². The minimum atomic E-state index is 0.242. The second-order valence-corrected chi connectivity index (χ2v) is 5.80. The van der Waals surface area contributed by atoms with Gasteiger partial charge in [-0.15, -0.1) is 11.3 Å². The minimum Gasteiger partial charge on any atom is -0.305 e. The van der Waals surface area contributed by atoms with E-state index in [0.29, 0.717) is 0 Å². The molecule has 1 aromatic carbocycles. The Kier molecular flexibility index (Phi) is 4.75. The Morgan fingerprint density at radius 1 is 1.39 bits per heavy atom. The smallest absolute Gasteiger partial charge is 0.0925 e. The van der Waals surface area contributed by atoms with Crippen LogP contribution in [0.25, 0.3) is 0 Å². The zero-order valence-electron chi connectivity index (χ0n) is 10.6. The van der Waals surface area contributed by atoms with E-state index in [-0.39, 0.29) is 6.04 Å². The van der Waals surface area contributed by atoms with Crippen molar-refractivity contribution >= 4 is 22.9 Å². The SMILES string of the molecule is CCc1ncc(CN[C@@H](C)c2ccccc2Cl)s1. The summed E-state index contributed by atoms with van der Waals surface area (Å²) in [7, 11) is 0. The summed E-state index contributed by atoms with van der Waals surface area (Å²) in [6.45, 7) is 5.09. The molecule has 2 aromatic rings. The molecule has 1 aromatic heterocycles. The first-order valence-electron chi connectivity index (χ1n) is 6.12. The number of hydrogen-bond acceptors (Lipinski definition) is 3. The largest absolute Gasteiger partial charge is 0.305 e. The van der Waals surface area contributed by atoms with Gasteiger partial charge in [0, 0.05) is 28.7 Å². The van der Waals surface area contributed by atoms with E-state index in [4.69, 9.17) is 11.6 Å². The van der Waals surface area contributed by atoms with Crippen molar-refractivity contribution in [3.05, 3.63) is 50.9 Å². The van der Waals surface area contributed by atoms with Gasteiger partial charge in [-0.2, -0.15) is 0 Å². The summed E-state index contributed by atoms with van der Waals surface area (Å²) in [6.07, 6.45) is 2.96. The van der Waals surface area contributed by atoms with Gasteiger partial charge in [-0.3, -0.25) is 0 Å². The Bertz CT molecular complexity index is 510. The first kappa shape index (κ1) is 13.5. The van der Waals surface area contributed by atoms with E-state index in [1.165, 1.54) is 9.88 Å². The first-order chi connectivity index (χ1) is 8.70. The quantitative estimate of drug-likeness (QED) is 0.887. The van der Waals surface area contributed by atoms with Gasteiger partial charge >= 0.3 is 0 Å². The summed E-state index contributed by atoms with van der Waals surface area (Å²) < 4.78 is 0. The number of hydrogen-bond donors (Lipinski definition) is 1. The highest BCUT2D eigenvalue weighted by Crippen LogP contribution is 2.23. The molecule has 0 unspecified atom stereocenters. The molecule has 0 aliphatic rings. The number of halogens is 1. The molecule has 0 saturated heterocycles. The van der Waals surface area contributed by atoms with Crippen molar-refractivity contribution in [2.45, 2.75) is 32.9 Å².